The van der Waals surface area contributed by atoms with Crippen molar-refractivity contribution in [2.24, 2.45) is 0 Å². The van der Waals surface area contributed by atoms with Crippen molar-refractivity contribution < 1.29 is 24.7 Å². The molecule has 1 unspecified atom stereocenters. The van der Waals surface area contributed by atoms with Crippen LogP contribution in [0.2, 0.25) is 0 Å². The van der Waals surface area contributed by atoms with E-state index >= 15 is 0 Å². The SMILES string of the molecule is CC1=Cc2c(-c3cccc(C)c3)cccc2[CH]1[Zr]. The van der Waals surface area contributed by atoms with Gasteiger partial charge in [-0.05, 0) is 0 Å². The van der Waals surface area contributed by atoms with Gasteiger partial charge in [-0.15, -0.1) is 0 Å². The van der Waals surface area contributed by atoms with Crippen LogP contribution in [0.25, 0.3) is 17.2 Å². The number of aryl methyl sites for hydroxylation is 1. The van der Waals surface area contributed by atoms with Crippen LogP contribution < -0.4 is 0 Å². The van der Waals surface area contributed by atoms with E-state index < -0.39 is 0 Å². The van der Waals surface area contributed by atoms with E-state index in [-0.39, 0.29) is 0 Å². The Bertz CT molecular complexity index is 638. The van der Waals surface area contributed by atoms with Gasteiger partial charge in [-0.1, -0.05) is 0 Å². The van der Waals surface area contributed by atoms with Gasteiger partial charge in [-0.2, -0.15) is 0 Å². The maximum atomic E-state index is 2.37. The Morgan fingerprint density at radius 1 is 1.00 bits per heavy atom. The zero-order chi connectivity index (χ0) is 12.7. The molecule has 1 atom stereocenters. The van der Waals surface area contributed by atoms with E-state index in [9.17, 15) is 0 Å². The molecule has 0 aliphatic heterocycles. The van der Waals surface area contributed by atoms with E-state index in [1.54, 1.807) is 24.7 Å². The molecule has 0 aromatic heterocycles. The monoisotopic (exact) mass is 309 g/mol. The van der Waals surface area contributed by atoms with E-state index in [1.807, 2.05) is 0 Å². The van der Waals surface area contributed by atoms with Gasteiger partial charge in [0, 0.05) is 0 Å². The van der Waals surface area contributed by atoms with Crippen LogP contribution in [-0.2, 0) is 24.7 Å². The van der Waals surface area contributed by atoms with Crippen LogP contribution in [0.3, 0.4) is 0 Å². The molecule has 0 spiro atoms. The fraction of sp³-hybridized carbons (Fsp3) is 0.176. The second-order valence-corrected chi connectivity index (χ2v) is 6.42. The topological polar surface area (TPSA) is 0 Å². The second-order valence-electron chi connectivity index (χ2n) is 5.00. The zero-order valence-corrected chi connectivity index (χ0v) is 13.2. The van der Waals surface area contributed by atoms with Gasteiger partial charge >= 0.3 is 124 Å². The molecule has 0 fully saturated rings. The first kappa shape index (κ1) is 12.1. The van der Waals surface area contributed by atoms with Gasteiger partial charge in [0.2, 0.25) is 0 Å². The molecule has 0 saturated carbocycles. The molecule has 0 amide bonds. The average molecular weight is 311 g/mol. The number of rotatable bonds is 1. The summed E-state index contributed by atoms with van der Waals surface area (Å²) in [5.74, 6) is 0. The molecule has 0 heterocycles. The number of hydrogen-bond donors (Lipinski definition) is 0. The second kappa shape index (κ2) is 4.63. The molecule has 2 aromatic rings. The van der Waals surface area contributed by atoms with Crippen LogP contribution in [0.4, 0.5) is 0 Å². The number of benzene rings is 2. The predicted molar refractivity (Wildman–Crippen MR) is 73.0 cm³/mol. The van der Waals surface area contributed by atoms with Crippen LogP contribution in [0.1, 0.15) is 27.2 Å². The summed E-state index contributed by atoms with van der Waals surface area (Å²) in [4.78, 5) is 0. The summed E-state index contributed by atoms with van der Waals surface area (Å²) in [6.07, 6.45) is 2.37. The van der Waals surface area contributed by atoms with Gasteiger partial charge in [-0.25, -0.2) is 0 Å². The molecule has 1 heteroatoms. The Morgan fingerprint density at radius 2 is 1.78 bits per heavy atom. The van der Waals surface area contributed by atoms with Crippen molar-refractivity contribution in [1.82, 2.24) is 0 Å². The standard InChI is InChI=1S/C17H15.Zr/c1-12-5-3-6-14(9-12)16-8-4-7-15-10-13(2)11-17(15)16;/h3-11H,1-2H3;. The molecule has 87 valence electrons. The molecule has 0 saturated heterocycles. The minimum atomic E-state index is 0.650. The first-order valence-electron chi connectivity index (χ1n) is 6.26. The zero-order valence-electron chi connectivity index (χ0n) is 10.7. The first-order chi connectivity index (χ1) is 8.66. The fourth-order valence-electron chi connectivity index (χ4n) is 2.62. The van der Waals surface area contributed by atoms with Crippen LogP contribution in [0, 0.1) is 6.92 Å². The summed E-state index contributed by atoms with van der Waals surface area (Å²) in [7, 11) is 0. The summed E-state index contributed by atoms with van der Waals surface area (Å²) >= 11 is 1.59. The fourth-order valence-corrected chi connectivity index (χ4v) is 3.44. The Balaban J connectivity index is 2.21. The van der Waals surface area contributed by atoms with Gasteiger partial charge in [0.05, 0.1) is 0 Å². The van der Waals surface area contributed by atoms with E-state index in [0.717, 1.165) is 0 Å². The Kier molecular flexibility index (Phi) is 3.11. The van der Waals surface area contributed by atoms with E-state index in [0.29, 0.717) is 3.63 Å². The third kappa shape index (κ3) is 1.95. The number of fused-ring (bicyclic) bond motifs is 1. The molecule has 0 nitrogen and oxygen atoms in total. The van der Waals surface area contributed by atoms with Gasteiger partial charge in [-0.3, -0.25) is 0 Å². The van der Waals surface area contributed by atoms with Gasteiger partial charge in [0.15, 0.2) is 0 Å². The van der Waals surface area contributed by atoms with Crippen molar-refractivity contribution >= 4 is 6.08 Å². The number of allylic oxidation sites excluding steroid dienone is 1. The minimum absolute atomic E-state index is 0.650. The predicted octanol–water partition coefficient (Wildman–Crippen LogP) is 4.67. The summed E-state index contributed by atoms with van der Waals surface area (Å²) in [6, 6.07) is 15.5. The molecule has 2 aromatic carbocycles. The molecule has 1 aliphatic carbocycles. The van der Waals surface area contributed by atoms with Crippen LogP contribution in [0.15, 0.2) is 48.0 Å². The first-order valence-corrected chi connectivity index (χ1v) is 7.68. The van der Waals surface area contributed by atoms with Crippen molar-refractivity contribution in [3.63, 3.8) is 0 Å². The van der Waals surface area contributed by atoms with Gasteiger partial charge in [0.1, 0.15) is 0 Å². The molecule has 0 N–H and O–H groups in total. The maximum absolute atomic E-state index is 2.37. The van der Waals surface area contributed by atoms with E-state index in [1.165, 1.54) is 33.4 Å². The van der Waals surface area contributed by atoms with Gasteiger partial charge < -0.3 is 0 Å². The van der Waals surface area contributed by atoms with Gasteiger partial charge in [0.25, 0.3) is 0 Å². The molecular formula is C17H15Zr. The number of hydrogen-bond acceptors (Lipinski definition) is 0. The van der Waals surface area contributed by atoms with Crippen LogP contribution in [-0.4, -0.2) is 0 Å². The third-order valence-electron chi connectivity index (χ3n) is 3.61. The molecular weight excluding hydrogens is 295 g/mol. The van der Waals surface area contributed by atoms with Crippen molar-refractivity contribution in [2.45, 2.75) is 17.5 Å². The quantitative estimate of drug-likeness (QED) is 0.718. The Labute approximate surface area is 124 Å². The third-order valence-corrected chi connectivity index (χ3v) is 5.49. The van der Waals surface area contributed by atoms with Crippen molar-refractivity contribution in [1.29, 1.82) is 0 Å². The summed E-state index contributed by atoms with van der Waals surface area (Å²) in [5.41, 5.74) is 8.47. The Morgan fingerprint density at radius 3 is 2.56 bits per heavy atom. The van der Waals surface area contributed by atoms with E-state index in [2.05, 4.69) is 62.4 Å². The summed E-state index contributed by atoms with van der Waals surface area (Å²) in [6.45, 7) is 4.40. The average Bonchev–Trinajstić information content (AvgIpc) is 2.65. The van der Waals surface area contributed by atoms with Crippen molar-refractivity contribution in [3.05, 3.63) is 64.7 Å². The molecule has 18 heavy (non-hydrogen) atoms. The molecule has 1 aliphatic rings. The van der Waals surface area contributed by atoms with Crippen LogP contribution >= 0.6 is 0 Å². The van der Waals surface area contributed by atoms with Crippen molar-refractivity contribution in [2.75, 3.05) is 0 Å². The summed E-state index contributed by atoms with van der Waals surface area (Å²) < 4.78 is 0.650. The summed E-state index contributed by atoms with van der Waals surface area (Å²) in [5, 5.41) is 0. The Hall–Kier alpha value is -0.937. The molecule has 3 rings (SSSR count). The normalized spacial score (nSPS) is 17.4. The van der Waals surface area contributed by atoms with Crippen molar-refractivity contribution in [3.8, 4) is 11.1 Å². The van der Waals surface area contributed by atoms with E-state index in [4.69, 9.17) is 0 Å². The molecule has 0 bridgehead atoms. The van der Waals surface area contributed by atoms with Crippen LogP contribution in [0.5, 0.6) is 0 Å². The molecule has 0 radical (unpaired) electrons.